The first-order valence-electron chi connectivity index (χ1n) is 8.47. The largest absolute Gasteiger partial charge is 0.310 e. The molecule has 1 aromatic heterocycles. The third kappa shape index (κ3) is 3.63. The predicted octanol–water partition coefficient (Wildman–Crippen LogP) is 4.43. The summed E-state index contributed by atoms with van der Waals surface area (Å²) in [7, 11) is 0. The molecule has 3 nitrogen and oxygen atoms in total. The first-order valence-corrected chi connectivity index (χ1v) is 8.47. The Morgan fingerprint density at radius 3 is 2.15 bits per heavy atom. The van der Waals surface area contributed by atoms with Crippen molar-refractivity contribution in [3.8, 4) is 0 Å². The quantitative estimate of drug-likeness (QED) is 0.724. The lowest BCUT2D eigenvalue weighted by atomic mass is 10.0. The van der Waals surface area contributed by atoms with Crippen LogP contribution in [0.2, 0.25) is 0 Å². The van der Waals surface area contributed by atoms with Gasteiger partial charge in [0, 0.05) is 17.3 Å². The van der Waals surface area contributed by atoms with Crippen LogP contribution in [0.4, 0.5) is 0 Å². The van der Waals surface area contributed by atoms with Crippen LogP contribution in [0.5, 0.6) is 0 Å². The topological polar surface area (TPSA) is 29.9 Å². The Bertz CT molecular complexity index is 391. The molecule has 0 fully saturated rings. The number of nitrogens with zero attached hydrogens (tertiary/aromatic N) is 2. The van der Waals surface area contributed by atoms with Crippen molar-refractivity contribution in [2.45, 2.75) is 85.7 Å². The summed E-state index contributed by atoms with van der Waals surface area (Å²) >= 11 is 0. The molecule has 1 atom stereocenters. The molecular weight excluding hydrogens is 246 g/mol. The van der Waals surface area contributed by atoms with E-state index in [0.717, 1.165) is 32.2 Å². The average molecular weight is 279 g/mol. The first kappa shape index (κ1) is 17.2. The van der Waals surface area contributed by atoms with E-state index in [1.807, 2.05) is 0 Å². The Hall–Kier alpha value is -0.830. The fourth-order valence-electron chi connectivity index (χ4n) is 3.05. The lowest BCUT2D eigenvalue weighted by Crippen LogP contribution is -2.21. The standard InChI is InChI=1S/C17H33N3/c1-7-12-18-13(6)17-15(10-4)19-20(16(17)11-5)14(8-2)9-3/h13-14,18H,7-12H2,1-6H3. The molecule has 20 heavy (non-hydrogen) atoms. The van der Waals surface area contributed by atoms with Crippen LogP contribution in [0.3, 0.4) is 0 Å². The Kier molecular flexibility index (Phi) is 7.28. The molecule has 116 valence electrons. The van der Waals surface area contributed by atoms with Gasteiger partial charge in [0.15, 0.2) is 0 Å². The number of hydrogen-bond acceptors (Lipinski definition) is 2. The maximum atomic E-state index is 4.95. The minimum atomic E-state index is 0.406. The zero-order valence-electron chi connectivity index (χ0n) is 14.3. The van der Waals surface area contributed by atoms with Gasteiger partial charge in [-0.15, -0.1) is 0 Å². The molecule has 0 radical (unpaired) electrons. The van der Waals surface area contributed by atoms with E-state index >= 15 is 0 Å². The minimum Gasteiger partial charge on any atom is -0.310 e. The van der Waals surface area contributed by atoms with E-state index < -0.39 is 0 Å². The van der Waals surface area contributed by atoms with E-state index in [0.29, 0.717) is 12.1 Å². The summed E-state index contributed by atoms with van der Waals surface area (Å²) in [4.78, 5) is 0. The highest BCUT2D eigenvalue weighted by atomic mass is 15.3. The monoisotopic (exact) mass is 279 g/mol. The normalized spacial score (nSPS) is 13.2. The number of rotatable bonds is 9. The molecule has 0 saturated carbocycles. The van der Waals surface area contributed by atoms with Crippen molar-refractivity contribution < 1.29 is 0 Å². The van der Waals surface area contributed by atoms with Crippen LogP contribution in [-0.4, -0.2) is 16.3 Å². The van der Waals surface area contributed by atoms with Crippen LogP contribution in [0.1, 0.15) is 89.8 Å². The summed E-state index contributed by atoms with van der Waals surface area (Å²) in [6.45, 7) is 14.6. The maximum Gasteiger partial charge on any atom is 0.0672 e. The number of aromatic nitrogens is 2. The van der Waals surface area contributed by atoms with Crippen molar-refractivity contribution >= 4 is 0 Å². The van der Waals surface area contributed by atoms with Gasteiger partial charge < -0.3 is 5.32 Å². The molecule has 1 unspecified atom stereocenters. The van der Waals surface area contributed by atoms with E-state index in [1.165, 1.54) is 23.4 Å². The van der Waals surface area contributed by atoms with Gasteiger partial charge in [0.2, 0.25) is 0 Å². The molecule has 0 amide bonds. The summed E-state index contributed by atoms with van der Waals surface area (Å²) in [5.74, 6) is 0. The number of hydrogen-bond donors (Lipinski definition) is 1. The van der Waals surface area contributed by atoms with Crippen LogP contribution in [0.25, 0.3) is 0 Å². The smallest absolute Gasteiger partial charge is 0.0672 e. The van der Waals surface area contributed by atoms with Crippen LogP contribution in [-0.2, 0) is 12.8 Å². The highest BCUT2D eigenvalue weighted by Gasteiger charge is 2.22. The Morgan fingerprint density at radius 2 is 1.70 bits per heavy atom. The first-order chi connectivity index (χ1) is 9.64. The number of nitrogens with one attached hydrogen (secondary N) is 1. The second-order valence-electron chi connectivity index (χ2n) is 5.60. The molecule has 0 aliphatic heterocycles. The molecule has 1 aromatic rings. The summed E-state index contributed by atoms with van der Waals surface area (Å²) < 4.78 is 2.32. The summed E-state index contributed by atoms with van der Waals surface area (Å²) in [6, 6.07) is 0.949. The third-order valence-electron chi connectivity index (χ3n) is 4.22. The molecule has 1 N–H and O–H groups in total. The molecular formula is C17H33N3. The van der Waals surface area contributed by atoms with Crippen LogP contribution < -0.4 is 5.32 Å². The SMILES string of the molecule is CCCNC(C)c1c(CC)nn(C(CC)CC)c1CC. The van der Waals surface area contributed by atoms with Gasteiger partial charge >= 0.3 is 0 Å². The number of aryl methyl sites for hydroxylation is 1. The van der Waals surface area contributed by atoms with Crippen molar-refractivity contribution in [2.24, 2.45) is 0 Å². The fourth-order valence-corrected chi connectivity index (χ4v) is 3.05. The average Bonchev–Trinajstić information content (AvgIpc) is 2.84. The van der Waals surface area contributed by atoms with Crippen LogP contribution >= 0.6 is 0 Å². The predicted molar refractivity (Wildman–Crippen MR) is 87.3 cm³/mol. The summed E-state index contributed by atoms with van der Waals surface area (Å²) in [5.41, 5.74) is 4.17. The molecule has 0 saturated heterocycles. The van der Waals surface area contributed by atoms with Gasteiger partial charge in [0.05, 0.1) is 11.7 Å². The third-order valence-corrected chi connectivity index (χ3v) is 4.22. The summed E-state index contributed by atoms with van der Waals surface area (Å²) in [5, 5.41) is 8.58. The zero-order valence-corrected chi connectivity index (χ0v) is 14.3. The van der Waals surface area contributed by atoms with Crippen molar-refractivity contribution in [3.63, 3.8) is 0 Å². The van der Waals surface area contributed by atoms with E-state index in [1.54, 1.807) is 0 Å². The maximum absolute atomic E-state index is 4.95. The summed E-state index contributed by atoms with van der Waals surface area (Å²) in [6.07, 6.45) is 5.58. The lowest BCUT2D eigenvalue weighted by Gasteiger charge is -2.19. The molecule has 0 aliphatic rings. The molecule has 0 aliphatic carbocycles. The molecule has 1 rings (SSSR count). The Morgan fingerprint density at radius 1 is 1.05 bits per heavy atom. The molecule has 1 heterocycles. The fraction of sp³-hybridized carbons (Fsp3) is 0.824. The van der Waals surface area contributed by atoms with Crippen LogP contribution in [0, 0.1) is 0 Å². The van der Waals surface area contributed by atoms with Gasteiger partial charge in [-0.3, -0.25) is 4.68 Å². The van der Waals surface area contributed by atoms with Gasteiger partial charge in [-0.2, -0.15) is 5.10 Å². The van der Waals surface area contributed by atoms with Gasteiger partial charge in [-0.05, 0) is 45.6 Å². The van der Waals surface area contributed by atoms with Gasteiger partial charge in [-0.1, -0.05) is 34.6 Å². The van der Waals surface area contributed by atoms with Crippen molar-refractivity contribution in [3.05, 3.63) is 17.0 Å². The van der Waals surface area contributed by atoms with E-state index in [4.69, 9.17) is 5.10 Å². The van der Waals surface area contributed by atoms with E-state index in [9.17, 15) is 0 Å². The highest BCUT2D eigenvalue weighted by molar-refractivity contribution is 5.30. The second kappa shape index (κ2) is 8.46. The van der Waals surface area contributed by atoms with Gasteiger partial charge in [0.25, 0.3) is 0 Å². The minimum absolute atomic E-state index is 0.406. The molecule has 3 heteroatoms. The molecule has 0 bridgehead atoms. The van der Waals surface area contributed by atoms with Crippen molar-refractivity contribution in [2.75, 3.05) is 6.54 Å². The Labute approximate surface area is 125 Å². The molecule has 0 aromatic carbocycles. The highest BCUT2D eigenvalue weighted by Crippen LogP contribution is 2.28. The lowest BCUT2D eigenvalue weighted by molar-refractivity contribution is 0.412. The van der Waals surface area contributed by atoms with E-state index in [-0.39, 0.29) is 0 Å². The van der Waals surface area contributed by atoms with Gasteiger partial charge in [0.1, 0.15) is 0 Å². The van der Waals surface area contributed by atoms with Crippen molar-refractivity contribution in [1.82, 2.24) is 15.1 Å². The molecule has 0 spiro atoms. The van der Waals surface area contributed by atoms with Crippen molar-refractivity contribution in [1.29, 1.82) is 0 Å². The van der Waals surface area contributed by atoms with Crippen LogP contribution in [0.15, 0.2) is 0 Å². The van der Waals surface area contributed by atoms with Gasteiger partial charge in [-0.25, -0.2) is 0 Å². The second-order valence-corrected chi connectivity index (χ2v) is 5.60. The van der Waals surface area contributed by atoms with E-state index in [2.05, 4.69) is 51.5 Å². The zero-order chi connectivity index (χ0) is 15.1. The Balaban J connectivity index is 3.20.